The van der Waals surface area contributed by atoms with E-state index < -0.39 is 0 Å². The number of para-hydroxylation sites is 1. The molecule has 0 spiro atoms. The maximum atomic E-state index is 5.64. The van der Waals surface area contributed by atoms with Crippen LogP contribution in [0.4, 0.5) is 5.13 Å². The van der Waals surface area contributed by atoms with Crippen molar-refractivity contribution in [1.29, 1.82) is 0 Å². The van der Waals surface area contributed by atoms with Gasteiger partial charge in [-0.2, -0.15) is 4.98 Å². The minimum Gasteiger partial charge on any atom is -0.493 e. The van der Waals surface area contributed by atoms with Crippen molar-refractivity contribution in [2.45, 2.75) is 23.6 Å². The van der Waals surface area contributed by atoms with Crippen molar-refractivity contribution < 1.29 is 9.26 Å². The van der Waals surface area contributed by atoms with Gasteiger partial charge in [0.1, 0.15) is 5.75 Å². The Morgan fingerprint density at radius 3 is 2.76 bits per heavy atom. The summed E-state index contributed by atoms with van der Waals surface area (Å²) in [6.45, 7) is 3.24. The summed E-state index contributed by atoms with van der Waals surface area (Å²) in [6.07, 6.45) is 0. The Labute approximate surface area is 176 Å². The molecular formula is C20H19N5O2S2. The van der Waals surface area contributed by atoms with E-state index in [-0.39, 0.29) is 0 Å². The average Bonchev–Trinajstić information content (AvgIpc) is 3.42. The van der Waals surface area contributed by atoms with E-state index in [1.165, 1.54) is 28.7 Å². The van der Waals surface area contributed by atoms with Crippen molar-refractivity contribution in [3.8, 4) is 17.1 Å². The van der Waals surface area contributed by atoms with Crippen molar-refractivity contribution >= 4 is 28.2 Å². The number of rotatable bonds is 9. The fourth-order valence-corrected chi connectivity index (χ4v) is 4.18. The molecule has 0 aliphatic rings. The molecule has 9 heteroatoms. The molecule has 0 fully saturated rings. The molecule has 0 unspecified atom stereocenters. The Balaban J connectivity index is 1.34. The second kappa shape index (κ2) is 9.53. The van der Waals surface area contributed by atoms with Gasteiger partial charge in [-0.15, -0.1) is 10.2 Å². The van der Waals surface area contributed by atoms with E-state index in [2.05, 4.69) is 37.8 Å². The van der Waals surface area contributed by atoms with Gasteiger partial charge in [-0.1, -0.05) is 70.7 Å². The molecule has 2 aromatic heterocycles. The smallest absolute Gasteiger partial charge is 0.237 e. The molecule has 148 valence electrons. The summed E-state index contributed by atoms with van der Waals surface area (Å²) < 4.78 is 11.9. The van der Waals surface area contributed by atoms with E-state index in [1.54, 1.807) is 0 Å². The van der Waals surface area contributed by atoms with Gasteiger partial charge in [0.25, 0.3) is 0 Å². The van der Waals surface area contributed by atoms with Crippen LogP contribution in [-0.4, -0.2) is 26.9 Å². The Kier molecular flexibility index (Phi) is 6.38. The molecule has 0 bridgehead atoms. The van der Waals surface area contributed by atoms with E-state index in [4.69, 9.17) is 9.26 Å². The SMILES string of the molecule is CCOc1ccccc1-c1noc(CSc2nnc(NCc3ccccc3)s2)n1. The lowest BCUT2D eigenvalue weighted by molar-refractivity contribution is 0.341. The van der Waals surface area contributed by atoms with E-state index in [1.807, 2.05) is 49.4 Å². The molecule has 29 heavy (non-hydrogen) atoms. The minimum absolute atomic E-state index is 0.520. The molecule has 0 amide bonds. The molecule has 7 nitrogen and oxygen atoms in total. The van der Waals surface area contributed by atoms with Crippen LogP contribution in [0.25, 0.3) is 11.4 Å². The highest BCUT2D eigenvalue weighted by atomic mass is 32.2. The molecule has 0 aliphatic heterocycles. The largest absolute Gasteiger partial charge is 0.493 e. The Hall–Kier alpha value is -2.91. The summed E-state index contributed by atoms with van der Waals surface area (Å²) in [6, 6.07) is 17.8. The van der Waals surface area contributed by atoms with Crippen LogP contribution in [0.3, 0.4) is 0 Å². The van der Waals surface area contributed by atoms with Crippen molar-refractivity contribution in [3.63, 3.8) is 0 Å². The standard InChI is InChI=1S/C20H19N5O2S2/c1-2-26-16-11-7-6-10-15(16)18-22-17(27-25-18)13-28-20-24-23-19(29-20)21-12-14-8-4-3-5-9-14/h3-11H,2,12-13H2,1H3,(H,21,23). The van der Waals surface area contributed by atoms with Crippen LogP contribution < -0.4 is 10.1 Å². The van der Waals surface area contributed by atoms with Gasteiger partial charge in [0, 0.05) is 6.54 Å². The molecule has 0 atom stereocenters. The van der Waals surface area contributed by atoms with Crippen LogP contribution in [0, 0.1) is 0 Å². The van der Waals surface area contributed by atoms with E-state index in [0.717, 1.165) is 20.8 Å². The Morgan fingerprint density at radius 2 is 1.90 bits per heavy atom. The van der Waals surface area contributed by atoms with Gasteiger partial charge in [0.15, 0.2) is 4.34 Å². The summed E-state index contributed by atoms with van der Waals surface area (Å²) in [5.41, 5.74) is 2.01. The minimum atomic E-state index is 0.520. The lowest BCUT2D eigenvalue weighted by atomic mass is 10.2. The second-order valence-corrected chi connectivity index (χ2v) is 8.14. The molecule has 4 rings (SSSR count). The molecular weight excluding hydrogens is 406 g/mol. The monoisotopic (exact) mass is 425 g/mol. The third kappa shape index (κ3) is 5.12. The normalized spacial score (nSPS) is 10.8. The zero-order valence-electron chi connectivity index (χ0n) is 15.7. The van der Waals surface area contributed by atoms with Gasteiger partial charge in [-0.25, -0.2) is 0 Å². The van der Waals surface area contributed by atoms with Crippen molar-refractivity contribution in [2.24, 2.45) is 0 Å². The number of ether oxygens (including phenoxy) is 1. The molecule has 1 N–H and O–H groups in total. The van der Waals surface area contributed by atoms with Crippen LogP contribution in [0.15, 0.2) is 63.5 Å². The number of hydrogen-bond donors (Lipinski definition) is 1. The first kappa shape index (κ1) is 19.4. The van der Waals surface area contributed by atoms with Crippen LogP contribution >= 0.6 is 23.1 Å². The number of thioether (sulfide) groups is 1. The summed E-state index contributed by atoms with van der Waals surface area (Å²) in [7, 11) is 0. The van der Waals surface area contributed by atoms with Crippen LogP contribution in [0.2, 0.25) is 0 Å². The van der Waals surface area contributed by atoms with Crippen LogP contribution in [-0.2, 0) is 12.3 Å². The van der Waals surface area contributed by atoms with Crippen molar-refractivity contribution in [2.75, 3.05) is 11.9 Å². The number of hydrogen-bond acceptors (Lipinski definition) is 9. The maximum absolute atomic E-state index is 5.64. The summed E-state index contributed by atoms with van der Waals surface area (Å²) >= 11 is 3.02. The van der Waals surface area contributed by atoms with Crippen LogP contribution in [0.5, 0.6) is 5.75 Å². The molecule has 0 aliphatic carbocycles. The lowest BCUT2D eigenvalue weighted by Crippen LogP contribution is -1.98. The molecule has 4 aromatic rings. The first-order valence-corrected chi connectivity index (χ1v) is 10.9. The van der Waals surface area contributed by atoms with Crippen LogP contribution in [0.1, 0.15) is 18.4 Å². The summed E-state index contributed by atoms with van der Waals surface area (Å²) in [5.74, 6) is 2.32. The van der Waals surface area contributed by atoms with Gasteiger partial charge in [-0.05, 0) is 24.6 Å². The van der Waals surface area contributed by atoms with Gasteiger partial charge < -0.3 is 14.6 Å². The number of benzene rings is 2. The number of anilines is 1. The third-order valence-electron chi connectivity index (χ3n) is 3.91. The summed E-state index contributed by atoms with van der Waals surface area (Å²) in [4.78, 5) is 4.48. The molecule has 2 heterocycles. The van der Waals surface area contributed by atoms with E-state index >= 15 is 0 Å². The van der Waals surface area contributed by atoms with Gasteiger partial charge in [0.05, 0.1) is 17.9 Å². The van der Waals surface area contributed by atoms with E-state index in [0.29, 0.717) is 30.6 Å². The highest BCUT2D eigenvalue weighted by Crippen LogP contribution is 2.30. The topological polar surface area (TPSA) is 86.0 Å². The first-order valence-electron chi connectivity index (χ1n) is 9.10. The highest BCUT2D eigenvalue weighted by Gasteiger charge is 2.14. The first-order chi connectivity index (χ1) is 14.3. The van der Waals surface area contributed by atoms with Crippen molar-refractivity contribution in [3.05, 3.63) is 66.1 Å². The highest BCUT2D eigenvalue weighted by molar-refractivity contribution is 8.00. The summed E-state index contributed by atoms with van der Waals surface area (Å²) in [5, 5.41) is 16.5. The zero-order chi connectivity index (χ0) is 19.9. The zero-order valence-corrected chi connectivity index (χ0v) is 17.4. The molecule has 2 aromatic carbocycles. The maximum Gasteiger partial charge on any atom is 0.237 e. The van der Waals surface area contributed by atoms with Gasteiger partial charge >= 0.3 is 0 Å². The van der Waals surface area contributed by atoms with Gasteiger partial charge in [-0.3, -0.25) is 0 Å². The number of aromatic nitrogens is 4. The number of nitrogens with one attached hydrogen (secondary N) is 1. The van der Waals surface area contributed by atoms with E-state index in [9.17, 15) is 0 Å². The second-order valence-electron chi connectivity index (χ2n) is 5.94. The molecule has 0 saturated heterocycles. The lowest BCUT2D eigenvalue weighted by Gasteiger charge is -2.05. The quantitative estimate of drug-likeness (QED) is 0.379. The van der Waals surface area contributed by atoms with Gasteiger partial charge in [0.2, 0.25) is 16.8 Å². The predicted molar refractivity (Wildman–Crippen MR) is 114 cm³/mol. The fraction of sp³-hybridized carbons (Fsp3) is 0.200. The Bertz CT molecular complexity index is 1050. The average molecular weight is 426 g/mol. The fourth-order valence-electron chi connectivity index (χ4n) is 2.59. The Morgan fingerprint density at radius 1 is 1.07 bits per heavy atom. The number of nitrogens with zero attached hydrogens (tertiary/aromatic N) is 4. The van der Waals surface area contributed by atoms with Crippen molar-refractivity contribution in [1.82, 2.24) is 20.3 Å². The third-order valence-corrected chi connectivity index (χ3v) is 5.91. The molecule has 0 saturated carbocycles. The predicted octanol–water partition coefficient (Wildman–Crippen LogP) is 4.89. The molecule has 0 radical (unpaired) electrons.